The van der Waals surface area contributed by atoms with E-state index in [1.807, 2.05) is 24.3 Å². The van der Waals surface area contributed by atoms with Crippen LogP contribution in [0.15, 0.2) is 33.8 Å². The van der Waals surface area contributed by atoms with E-state index in [1.54, 1.807) is 0 Å². The molecule has 2 N–H and O–H groups in total. The lowest BCUT2D eigenvalue weighted by Gasteiger charge is -2.10. The van der Waals surface area contributed by atoms with E-state index in [0.29, 0.717) is 23.9 Å². The number of carbonyl (C=O) groups excluding carboxylic acids is 1. The molecule has 0 saturated heterocycles. The number of nitrogens with zero attached hydrogens (tertiary/aromatic N) is 4. The molecule has 2 aromatic rings. The zero-order chi connectivity index (χ0) is 15.1. The van der Waals surface area contributed by atoms with Gasteiger partial charge in [-0.2, -0.15) is 4.98 Å². The van der Waals surface area contributed by atoms with Gasteiger partial charge in [-0.1, -0.05) is 12.1 Å². The Labute approximate surface area is 126 Å². The van der Waals surface area contributed by atoms with Crippen LogP contribution >= 0.6 is 0 Å². The third kappa shape index (κ3) is 2.34. The summed E-state index contributed by atoms with van der Waals surface area (Å²) in [5.41, 5.74) is 7.37. The third-order valence-corrected chi connectivity index (χ3v) is 3.87. The maximum Gasteiger partial charge on any atom is 0.278 e. The molecule has 7 heteroatoms. The number of aromatic nitrogens is 2. The van der Waals surface area contributed by atoms with Gasteiger partial charge in [0.15, 0.2) is 0 Å². The van der Waals surface area contributed by atoms with Crippen LogP contribution in [-0.4, -0.2) is 28.4 Å². The molecule has 1 aliphatic carbocycles. The van der Waals surface area contributed by atoms with Crippen LogP contribution in [0, 0.1) is 0 Å². The molecule has 7 nitrogen and oxygen atoms in total. The molecule has 2 heterocycles. The van der Waals surface area contributed by atoms with E-state index in [4.69, 9.17) is 10.3 Å². The Kier molecular flexibility index (Phi) is 2.92. The maximum absolute atomic E-state index is 12.4. The summed E-state index contributed by atoms with van der Waals surface area (Å²) in [6.45, 7) is 0. The molecule has 1 saturated carbocycles. The molecule has 4 rings (SSSR count). The molecule has 1 fully saturated rings. The Hall–Kier alpha value is -2.70. The molecule has 1 unspecified atom stereocenters. The number of carbonyl (C=O) groups is 1. The van der Waals surface area contributed by atoms with Crippen LogP contribution in [-0.2, 0) is 11.2 Å². The minimum atomic E-state index is -0.452. The molecule has 1 aliphatic heterocycles. The number of benzene rings is 1. The second-order valence-electron chi connectivity index (χ2n) is 5.64. The van der Waals surface area contributed by atoms with E-state index in [2.05, 4.69) is 15.1 Å². The molecule has 1 aromatic carbocycles. The van der Waals surface area contributed by atoms with Gasteiger partial charge in [-0.3, -0.25) is 9.79 Å². The number of nitrogens with two attached hydrogens (primary N) is 1. The normalized spacial score (nSPS) is 20.8. The Morgan fingerprint density at radius 2 is 2.05 bits per heavy atom. The first-order valence-electron chi connectivity index (χ1n) is 7.25. The smallest absolute Gasteiger partial charge is 0.278 e. The van der Waals surface area contributed by atoms with Crippen molar-refractivity contribution >= 4 is 23.9 Å². The SMILES string of the molecule is Nc1ccc(CC2N=CN(c3noc(C4CC4)n3)C2=O)cc1. The Morgan fingerprint density at radius 1 is 1.27 bits per heavy atom. The van der Waals surface area contributed by atoms with E-state index in [0.717, 1.165) is 18.4 Å². The van der Waals surface area contributed by atoms with Crippen molar-refractivity contribution in [3.8, 4) is 0 Å². The Balaban J connectivity index is 1.47. The fraction of sp³-hybridized carbons (Fsp3) is 0.333. The molecule has 0 bridgehead atoms. The monoisotopic (exact) mass is 297 g/mol. The summed E-state index contributed by atoms with van der Waals surface area (Å²) in [6, 6.07) is 6.99. The highest BCUT2D eigenvalue weighted by molar-refractivity contribution is 6.13. The van der Waals surface area contributed by atoms with Crippen molar-refractivity contribution in [3.63, 3.8) is 0 Å². The highest BCUT2D eigenvalue weighted by Gasteiger charge is 2.35. The third-order valence-electron chi connectivity index (χ3n) is 3.87. The van der Waals surface area contributed by atoms with Crippen molar-refractivity contribution in [1.82, 2.24) is 10.1 Å². The van der Waals surface area contributed by atoms with Crippen LogP contribution in [0.4, 0.5) is 11.6 Å². The van der Waals surface area contributed by atoms with Crippen molar-refractivity contribution in [1.29, 1.82) is 0 Å². The van der Waals surface area contributed by atoms with Gasteiger partial charge in [-0.15, -0.1) is 0 Å². The number of aliphatic imine (C=N–C) groups is 1. The number of nitrogen functional groups attached to an aromatic ring is 1. The predicted octanol–water partition coefficient (Wildman–Crippen LogP) is 1.52. The topological polar surface area (TPSA) is 97.6 Å². The van der Waals surface area contributed by atoms with Gasteiger partial charge < -0.3 is 10.3 Å². The Morgan fingerprint density at radius 3 is 2.77 bits per heavy atom. The standard InChI is InChI=1S/C15H15N5O2/c16-11-5-1-9(2-6-11)7-12-14(21)20(8-17-12)15-18-13(22-19-15)10-3-4-10/h1-2,5-6,8,10,12H,3-4,7,16H2. The minimum absolute atomic E-state index is 0.139. The zero-order valence-corrected chi connectivity index (χ0v) is 11.8. The lowest BCUT2D eigenvalue weighted by atomic mass is 10.1. The van der Waals surface area contributed by atoms with Gasteiger partial charge in [0.25, 0.3) is 11.9 Å². The first-order chi connectivity index (χ1) is 10.7. The van der Waals surface area contributed by atoms with Crippen LogP contribution in [0.3, 0.4) is 0 Å². The number of rotatable bonds is 4. The summed E-state index contributed by atoms with van der Waals surface area (Å²) in [5, 5.41) is 3.87. The molecule has 0 radical (unpaired) electrons. The summed E-state index contributed by atoms with van der Waals surface area (Å²) in [7, 11) is 0. The largest absolute Gasteiger partial charge is 0.399 e. The van der Waals surface area contributed by atoms with Crippen molar-refractivity contribution in [3.05, 3.63) is 35.7 Å². The first-order valence-corrected chi connectivity index (χ1v) is 7.25. The summed E-state index contributed by atoms with van der Waals surface area (Å²) >= 11 is 0. The summed E-state index contributed by atoms with van der Waals surface area (Å²) in [6.07, 6.45) is 4.15. The van der Waals surface area contributed by atoms with Gasteiger partial charge in [-0.25, -0.2) is 4.90 Å². The van der Waals surface area contributed by atoms with Crippen LogP contribution in [0.1, 0.15) is 30.2 Å². The molecule has 0 spiro atoms. The van der Waals surface area contributed by atoms with Crippen molar-refractivity contribution in [2.75, 3.05) is 10.6 Å². The lowest BCUT2D eigenvalue weighted by Crippen LogP contribution is -2.32. The predicted molar refractivity (Wildman–Crippen MR) is 80.6 cm³/mol. The van der Waals surface area contributed by atoms with E-state index >= 15 is 0 Å². The molecule has 1 amide bonds. The summed E-state index contributed by atoms with van der Waals surface area (Å²) in [4.78, 5) is 22.3. The van der Waals surface area contributed by atoms with E-state index in [1.165, 1.54) is 11.2 Å². The quantitative estimate of drug-likeness (QED) is 0.863. The average molecular weight is 297 g/mol. The second kappa shape index (κ2) is 4.94. The van der Waals surface area contributed by atoms with Crippen LogP contribution in [0.25, 0.3) is 0 Å². The molecule has 22 heavy (non-hydrogen) atoms. The molecule has 1 atom stereocenters. The second-order valence-corrected chi connectivity index (χ2v) is 5.64. The highest BCUT2D eigenvalue weighted by Crippen LogP contribution is 2.39. The van der Waals surface area contributed by atoms with Crippen LogP contribution < -0.4 is 10.6 Å². The number of hydrogen-bond acceptors (Lipinski definition) is 6. The van der Waals surface area contributed by atoms with Gasteiger partial charge in [0.2, 0.25) is 5.89 Å². The van der Waals surface area contributed by atoms with Crippen molar-refractivity contribution < 1.29 is 9.32 Å². The van der Waals surface area contributed by atoms with Crippen LogP contribution in [0.2, 0.25) is 0 Å². The molecule has 112 valence electrons. The lowest BCUT2D eigenvalue weighted by molar-refractivity contribution is -0.118. The number of amides is 1. The molecule has 1 aromatic heterocycles. The number of anilines is 2. The van der Waals surface area contributed by atoms with Crippen LogP contribution in [0.5, 0.6) is 0 Å². The van der Waals surface area contributed by atoms with E-state index in [-0.39, 0.29) is 11.9 Å². The van der Waals surface area contributed by atoms with Gasteiger partial charge in [0.1, 0.15) is 12.4 Å². The average Bonchev–Trinajstić information content (AvgIpc) is 3.15. The van der Waals surface area contributed by atoms with E-state index in [9.17, 15) is 4.79 Å². The van der Waals surface area contributed by atoms with Gasteiger partial charge in [0, 0.05) is 18.0 Å². The molecule has 2 aliphatic rings. The zero-order valence-electron chi connectivity index (χ0n) is 11.8. The Bertz CT molecular complexity index is 733. The van der Waals surface area contributed by atoms with E-state index < -0.39 is 6.04 Å². The van der Waals surface area contributed by atoms with Gasteiger partial charge in [0.05, 0.1) is 0 Å². The van der Waals surface area contributed by atoms with Crippen molar-refractivity contribution in [2.45, 2.75) is 31.2 Å². The van der Waals surface area contributed by atoms with Crippen molar-refractivity contribution in [2.24, 2.45) is 4.99 Å². The molecular weight excluding hydrogens is 282 g/mol. The first kappa shape index (κ1) is 13.0. The molecular formula is C15H15N5O2. The fourth-order valence-corrected chi connectivity index (χ4v) is 2.42. The fourth-order valence-electron chi connectivity index (χ4n) is 2.42. The van der Waals surface area contributed by atoms with Gasteiger partial charge in [-0.05, 0) is 35.7 Å². The highest BCUT2D eigenvalue weighted by atomic mass is 16.5. The maximum atomic E-state index is 12.4. The number of hydrogen-bond donors (Lipinski definition) is 1. The minimum Gasteiger partial charge on any atom is -0.399 e. The summed E-state index contributed by atoms with van der Waals surface area (Å²) < 4.78 is 5.19. The summed E-state index contributed by atoms with van der Waals surface area (Å²) in [5.74, 6) is 1.11. The van der Waals surface area contributed by atoms with Gasteiger partial charge >= 0.3 is 0 Å².